The molecule has 0 spiro atoms. The van der Waals surface area contributed by atoms with Crippen LogP contribution >= 0.6 is 0 Å². The van der Waals surface area contributed by atoms with Crippen LogP contribution in [0.4, 0.5) is 0 Å². The third-order valence-electron chi connectivity index (χ3n) is 10.5. The molecule has 0 aliphatic carbocycles. The Morgan fingerprint density at radius 1 is 0.377 bits per heavy atom. The number of hydrogen-bond donors (Lipinski definition) is 0. The van der Waals surface area contributed by atoms with Crippen LogP contribution in [-0.4, -0.2) is 14.1 Å². The van der Waals surface area contributed by atoms with E-state index in [0.717, 1.165) is 66.9 Å². The van der Waals surface area contributed by atoms with E-state index in [9.17, 15) is 0 Å². The SMILES string of the molecule is c1ccc(-c2nc3ccccc3n2-c2cccc3oc4ccc(-c5cccc(-c6ccc7c(c6)c6ccccc6n7-c6ccccc6)c5)cc4c23)cc1. The van der Waals surface area contributed by atoms with Gasteiger partial charge >= 0.3 is 0 Å². The van der Waals surface area contributed by atoms with Gasteiger partial charge in [0.1, 0.15) is 17.0 Å². The van der Waals surface area contributed by atoms with E-state index >= 15 is 0 Å². The average Bonchev–Trinajstić information content (AvgIpc) is 3.91. The van der Waals surface area contributed by atoms with E-state index in [1.807, 2.05) is 12.1 Å². The van der Waals surface area contributed by atoms with Gasteiger partial charge in [-0.1, -0.05) is 115 Å². The van der Waals surface area contributed by atoms with Gasteiger partial charge in [0.05, 0.1) is 33.1 Å². The van der Waals surface area contributed by atoms with Crippen LogP contribution in [0.3, 0.4) is 0 Å². The van der Waals surface area contributed by atoms with Crippen molar-refractivity contribution in [1.29, 1.82) is 0 Å². The molecule has 4 heteroatoms. The fraction of sp³-hybridized carbons (Fsp3) is 0. The first kappa shape index (κ1) is 29.5. The molecule has 0 saturated heterocycles. The van der Waals surface area contributed by atoms with Gasteiger partial charge < -0.3 is 8.98 Å². The van der Waals surface area contributed by atoms with E-state index < -0.39 is 0 Å². The quantitative estimate of drug-likeness (QED) is 0.182. The van der Waals surface area contributed by atoms with Crippen LogP contribution in [0.5, 0.6) is 0 Å². The van der Waals surface area contributed by atoms with Gasteiger partial charge in [-0.2, -0.15) is 0 Å². The maximum atomic E-state index is 6.51. The molecule has 248 valence electrons. The van der Waals surface area contributed by atoms with Crippen molar-refractivity contribution >= 4 is 54.8 Å². The van der Waals surface area contributed by atoms with Crippen molar-refractivity contribution in [2.75, 3.05) is 0 Å². The van der Waals surface area contributed by atoms with Crippen LogP contribution in [-0.2, 0) is 0 Å². The van der Waals surface area contributed by atoms with Crippen molar-refractivity contribution in [3.63, 3.8) is 0 Å². The van der Waals surface area contributed by atoms with Crippen molar-refractivity contribution in [3.05, 3.63) is 188 Å². The number of rotatable bonds is 5. The lowest BCUT2D eigenvalue weighted by Gasteiger charge is -2.11. The molecule has 0 fully saturated rings. The fourth-order valence-corrected chi connectivity index (χ4v) is 8.11. The number of imidazole rings is 1. The molecule has 0 saturated carbocycles. The van der Waals surface area contributed by atoms with Crippen molar-refractivity contribution in [1.82, 2.24) is 14.1 Å². The summed E-state index contributed by atoms with van der Waals surface area (Å²) < 4.78 is 11.1. The second-order valence-electron chi connectivity index (χ2n) is 13.6. The van der Waals surface area contributed by atoms with Crippen molar-refractivity contribution in [2.24, 2.45) is 0 Å². The average molecular weight is 678 g/mol. The molecule has 4 nitrogen and oxygen atoms in total. The van der Waals surface area contributed by atoms with Gasteiger partial charge in [-0.15, -0.1) is 0 Å². The monoisotopic (exact) mass is 677 g/mol. The fourth-order valence-electron chi connectivity index (χ4n) is 8.11. The first-order chi connectivity index (χ1) is 26.3. The predicted octanol–water partition coefficient (Wildman–Crippen LogP) is 13.0. The molecule has 11 aromatic rings. The summed E-state index contributed by atoms with van der Waals surface area (Å²) in [7, 11) is 0. The van der Waals surface area contributed by atoms with Gasteiger partial charge in [0.2, 0.25) is 0 Å². The summed E-state index contributed by atoms with van der Waals surface area (Å²) in [6.07, 6.45) is 0. The van der Waals surface area contributed by atoms with Crippen LogP contribution < -0.4 is 0 Å². The van der Waals surface area contributed by atoms with E-state index in [-0.39, 0.29) is 0 Å². The molecule has 0 unspecified atom stereocenters. The number of aromatic nitrogens is 3. The Morgan fingerprint density at radius 2 is 1.00 bits per heavy atom. The molecule has 0 amide bonds. The lowest BCUT2D eigenvalue weighted by atomic mass is 9.97. The van der Waals surface area contributed by atoms with Gasteiger partial charge in [-0.3, -0.25) is 4.57 Å². The number of furan rings is 1. The molecule has 8 aromatic carbocycles. The Bertz CT molecular complexity index is 3170. The number of benzene rings is 8. The molecule has 3 aromatic heterocycles. The smallest absolute Gasteiger partial charge is 0.145 e. The van der Waals surface area contributed by atoms with Crippen molar-refractivity contribution < 1.29 is 4.42 Å². The van der Waals surface area contributed by atoms with E-state index in [2.05, 4.69) is 185 Å². The highest BCUT2D eigenvalue weighted by Gasteiger charge is 2.20. The Balaban J connectivity index is 1.06. The maximum absolute atomic E-state index is 6.51. The number of fused-ring (bicyclic) bond motifs is 7. The zero-order valence-corrected chi connectivity index (χ0v) is 28.6. The zero-order chi connectivity index (χ0) is 34.9. The van der Waals surface area contributed by atoms with Crippen molar-refractivity contribution in [3.8, 4) is 45.0 Å². The Labute approximate surface area is 305 Å². The molecule has 0 atom stereocenters. The van der Waals surface area contributed by atoms with Gasteiger partial charge in [-0.25, -0.2) is 4.98 Å². The van der Waals surface area contributed by atoms with Gasteiger partial charge in [0.15, 0.2) is 0 Å². The second kappa shape index (κ2) is 11.7. The van der Waals surface area contributed by atoms with Crippen molar-refractivity contribution in [2.45, 2.75) is 0 Å². The largest absolute Gasteiger partial charge is 0.456 e. The molecule has 11 rings (SSSR count). The molecule has 0 aliphatic rings. The van der Waals surface area contributed by atoms with Gasteiger partial charge in [0, 0.05) is 27.4 Å². The third-order valence-corrected chi connectivity index (χ3v) is 10.5. The lowest BCUT2D eigenvalue weighted by molar-refractivity contribution is 0.669. The van der Waals surface area contributed by atoms with Crippen LogP contribution in [0.2, 0.25) is 0 Å². The molecule has 0 bridgehead atoms. The van der Waals surface area contributed by atoms with E-state index in [4.69, 9.17) is 9.40 Å². The first-order valence-electron chi connectivity index (χ1n) is 18.0. The Hall–Kier alpha value is -7.17. The second-order valence-corrected chi connectivity index (χ2v) is 13.6. The third kappa shape index (κ3) is 4.66. The van der Waals surface area contributed by atoms with Gasteiger partial charge in [-0.05, 0) is 95.1 Å². The summed E-state index contributed by atoms with van der Waals surface area (Å²) in [6.45, 7) is 0. The highest BCUT2D eigenvalue weighted by Crippen LogP contribution is 2.40. The summed E-state index contributed by atoms with van der Waals surface area (Å²) in [6, 6.07) is 66.6. The molecular weight excluding hydrogens is 647 g/mol. The molecule has 3 heterocycles. The predicted molar refractivity (Wildman–Crippen MR) is 219 cm³/mol. The molecule has 53 heavy (non-hydrogen) atoms. The standard InChI is InChI=1S/C49H31N3O/c1-3-13-32(14-4-1)49-50-41-20-8-10-22-44(41)52(49)45-23-12-24-47-48(45)40-31-36(26-28-46(40)53-47)34-16-11-15-33(29-34)35-25-27-43-39(30-35)38-19-7-9-21-42(38)51(43)37-17-5-2-6-18-37/h1-31H. The minimum absolute atomic E-state index is 0.850. The molecular formula is C49H31N3O. The maximum Gasteiger partial charge on any atom is 0.145 e. The van der Waals surface area contributed by atoms with E-state index in [1.54, 1.807) is 0 Å². The minimum Gasteiger partial charge on any atom is -0.456 e. The lowest BCUT2D eigenvalue weighted by Crippen LogP contribution is -1.98. The number of para-hydroxylation sites is 4. The molecule has 0 aliphatic heterocycles. The summed E-state index contributed by atoms with van der Waals surface area (Å²) in [4.78, 5) is 5.12. The number of hydrogen-bond acceptors (Lipinski definition) is 2. The summed E-state index contributed by atoms with van der Waals surface area (Å²) in [5, 5.41) is 4.64. The van der Waals surface area contributed by atoms with Crippen LogP contribution in [0, 0.1) is 0 Å². The van der Waals surface area contributed by atoms with Crippen LogP contribution in [0.15, 0.2) is 192 Å². The minimum atomic E-state index is 0.850. The van der Waals surface area contributed by atoms with E-state index in [1.165, 1.54) is 32.9 Å². The zero-order valence-electron chi connectivity index (χ0n) is 28.6. The highest BCUT2D eigenvalue weighted by molar-refractivity contribution is 6.12. The summed E-state index contributed by atoms with van der Waals surface area (Å²) in [5.74, 6) is 0.904. The Kier molecular flexibility index (Phi) is 6.52. The summed E-state index contributed by atoms with van der Waals surface area (Å²) in [5.41, 5.74) is 14.1. The van der Waals surface area contributed by atoms with E-state index in [0.29, 0.717) is 0 Å². The normalized spacial score (nSPS) is 11.8. The molecule has 0 radical (unpaired) electrons. The van der Waals surface area contributed by atoms with Crippen LogP contribution in [0.25, 0.3) is 99.8 Å². The Morgan fingerprint density at radius 3 is 1.83 bits per heavy atom. The highest BCUT2D eigenvalue weighted by atomic mass is 16.3. The number of nitrogens with zero attached hydrogens (tertiary/aromatic N) is 3. The summed E-state index contributed by atoms with van der Waals surface area (Å²) >= 11 is 0. The van der Waals surface area contributed by atoms with Crippen LogP contribution in [0.1, 0.15) is 0 Å². The van der Waals surface area contributed by atoms with Gasteiger partial charge in [0.25, 0.3) is 0 Å². The molecule has 0 N–H and O–H groups in total. The first-order valence-corrected chi connectivity index (χ1v) is 18.0. The topological polar surface area (TPSA) is 35.9 Å².